The maximum Gasteiger partial charge on any atom is 0.251 e. The number of hydrogen-bond donors (Lipinski definition) is 1. The lowest BCUT2D eigenvalue weighted by Crippen LogP contribution is -2.24. The third-order valence-electron chi connectivity index (χ3n) is 1.97. The molecule has 17 heavy (non-hydrogen) atoms. The van der Waals surface area contributed by atoms with Gasteiger partial charge in [0, 0.05) is 22.8 Å². The highest BCUT2D eigenvalue weighted by Gasteiger charge is 2.11. The molecule has 1 N–H and O–H groups in total. The topological polar surface area (TPSA) is 63.2 Å². The summed E-state index contributed by atoms with van der Waals surface area (Å²) in [5.41, 5.74) is 0.307. The predicted molar refractivity (Wildman–Crippen MR) is 70.0 cm³/mol. The smallest absolute Gasteiger partial charge is 0.251 e. The molecule has 6 heteroatoms. The van der Waals surface area contributed by atoms with E-state index in [0.717, 1.165) is 6.26 Å². The molecule has 1 aromatic carbocycles. The second kappa shape index (κ2) is 5.46. The summed E-state index contributed by atoms with van der Waals surface area (Å²) >= 11 is 3.12. The molecule has 1 rings (SSSR count). The van der Waals surface area contributed by atoms with Crippen LogP contribution in [0, 0.1) is 0 Å². The van der Waals surface area contributed by atoms with Gasteiger partial charge in [-0.25, -0.2) is 8.42 Å². The Balaban J connectivity index is 2.93. The molecule has 0 atom stereocenters. The van der Waals surface area contributed by atoms with Crippen molar-refractivity contribution in [2.45, 2.75) is 4.90 Å². The molecule has 0 radical (unpaired) electrons. The largest absolute Gasteiger partial charge is 0.347 e. The van der Waals surface area contributed by atoms with E-state index < -0.39 is 9.84 Å². The van der Waals surface area contributed by atoms with Crippen molar-refractivity contribution in [3.05, 3.63) is 40.9 Å². The first-order valence-corrected chi connectivity index (χ1v) is 7.41. The van der Waals surface area contributed by atoms with E-state index in [1.165, 1.54) is 18.2 Å². The zero-order valence-corrected chi connectivity index (χ0v) is 11.6. The van der Waals surface area contributed by atoms with E-state index in [2.05, 4.69) is 27.8 Å². The minimum absolute atomic E-state index is 0.128. The molecule has 4 nitrogen and oxygen atoms in total. The summed E-state index contributed by atoms with van der Waals surface area (Å²) in [5, 5.41) is 2.60. The van der Waals surface area contributed by atoms with Gasteiger partial charge in [-0.2, -0.15) is 0 Å². The van der Waals surface area contributed by atoms with E-state index in [0.29, 0.717) is 16.6 Å². The van der Waals surface area contributed by atoms with E-state index in [1.807, 2.05) is 0 Å². The molecule has 0 unspecified atom stereocenters. The monoisotopic (exact) mass is 317 g/mol. The number of benzene rings is 1. The maximum absolute atomic E-state index is 11.7. The number of carbonyl (C=O) groups is 1. The average molecular weight is 318 g/mol. The van der Waals surface area contributed by atoms with Gasteiger partial charge in [0.1, 0.15) is 0 Å². The second-order valence-corrected chi connectivity index (χ2v) is 6.64. The molecule has 0 spiro atoms. The first kappa shape index (κ1) is 13.9. The number of sulfone groups is 1. The van der Waals surface area contributed by atoms with Gasteiger partial charge in [-0.15, -0.1) is 0 Å². The summed E-state index contributed by atoms with van der Waals surface area (Å²) < 4.78 is 23.3. The van der Waals surface area contributed by atoms with Crippen LogP contribution < -0.4 is 5.32 Å². The van der Waals surface area contributed by atoms with Gasteiger partial charge >= 0.3 is 0 Å². The molecule has 1 aromatic rings. The fourth-order valence-corrected chi connectivity index (χ4v) is 1.95. The molecule has 0 bridgehead atoms. The normalized spacial score (nSPS) is 10.9. The summed E-state index contributed by atoms with van der Waals surface area (Å²) in [7, 11) is -3.30. The third-order valence-corrected chi connectivity index (χ3v) is 3.36. The minimum atomic E-state index is -3.30. The lowest BCUT2D eigenvalue weighted by molar-refractivity contribution is 0.0957. The molecule has 0 fully saturated rings. The molecule has 0 aliphatic rings. The van der Waals surface area contributed by atoms with Crippen molar-refractivity contribution in [2.75, 3.05) is 12.8 Å². The van der Waals surface area contributed by atoms with Crippen LogP contribution in [-0.4, -0.2) is 27.1 Å². The van der Waals surface area contributed by atoms with Crippen molar-refractivity contribution in [1.29, 1.82) is 0 Å². The highest BCUT2D eigenvalue weighted by atomic mass is 79.9. The van der Waals surface area contributed by atoms with Gasteiger partial charge < -0.3 is 5.32 Å². The quantitative estimate of drug-likeness (QED) is 0.919. The summed E-state index contributed by atoms with van der Waals surface area (Å²) in [6, 6.07) is 5.90. The minimum Gasteiger partial charge on any atom is -0.347 e. The highest BCUT2D eigenvalue weighted by molar-refractivity contribution is 9.11. The molecule has 0 aliphatic heterocycles. The van der Waals surface area contributed by atoms with Crippen LogP contribution in [0.2, 0.25) is 0 Å². The van der Waals surface area contributed by atoms with Gasteiger partial charge in [-0.1, -0.05) is 28.6 Å². The van der Waals surface area contributed by atoms with Crippen LogP contribution in [0.15, 0.2) is 40.2 Å². The SMILES string of the molecule is C=C(Br)CNC(=O)c1cccc(S(C)(=O)=O)c1. The molecule has 92 valence electrons. The van der Waals surface area contributed by atoms with Gasteiger partial charge in [0.25, 0.3) is 5.91 Å². The Morgan fingerprint density at radius 3 is 2.65 bits per heavy atom. The molecule has 0 aromatic heterocycles. The Morgan fingerprint density at radius 1 is 1.47 bits per heavy atom. The van der Waals surface area contributed by atoms with Crippen LogP contribution in [0.4, 0.5) is 0 Å². The van der Waals surface area contributed by atoms with E-state index >= 15 is 0 Å². The Kier molecular flexibility index (Phi) is 4.47. The van der Waals surface area contributed by atoms with Gasteiger partial charge in [-0.05, 0) is 18.2 Å². The van der Waals surface area contributed by atoms with Crippen molar-refractivity contribution < 1.29 is 13.2 Å². The summed E-state index contributed by atoms with van der Waals surface area (Å²) in [4.78, 5) is 11.8. The predicted octanol–water partition coefficient (Wildman–Crippen LogP) is 1.73. The standard InChI is InChI=1S/C11H12BrNO3S/c1-8(12)7-13-11(14)9-4-3-5-10(6-9)17(2,15)16/h3-6H,1,7H2,2H3,(H,13,14). The molecule has 1 amide bonds. The second-order valence-electron chi connectivity index (χ2n) is 3.50. The number of halogens is 1. The van der Waals surface area contributed by atoms with Crippen molar-refractivity contribution in [1.82, 2.24) is 5.32 Å². The van der Waals surface area contributed by atoms with Gasteiger partial charge in [0.2, 0.25) is 0 Å². The Morgan fingerprint density at radius 2 is 2.12 bits per heavy atom. The van der Waals surface area contributed by atoms with Crippen LogP contribution in [0.3, 0.4) is 0 Å². The molecule has 0 saturated carbocycles. The Hall–Kier alpha value is -1.14. The van der Waals surface area contributed by atoms with Crippen molar-refractivity contribution in [2.24, 2.45) is 0 Å². The molecular formula is C11H12BrNO3S. The van der Waals surface area contributed by atoms with Crippen LogP contribution in [-0.2, 0) is 9.84 Å². The Bertz CT molecular complexity index is 552. The number of hydrogen-bond acceptors (Lipinski definition) is 3. The zero-order chi connectivity index (χ0) is 13.1. The van der Waals surface area contributed by atoms with Crippen LogP contribution in [0.25, 0.3) is 0 Å². The van der Waals surface area contributed by atoms with Crippen LogP contribution in [0.1, 0.15) is 10.4 Å². The molecule has 0 aliphatic carbocycles. The van der Waals surface area contributed by atoms with Crippen molar-refractivity contribution in [3.63, 3.8) is 0 Å². The average Bonchev–Trinajstić information content (AvgIpc) is 2.25. The van der Waals surface area contributed by atoms with E-state index in [9.17, 15) is 13.2 Å². The lowest BCUT2D eigenvalue weighted by atomic mass is 10.2. The summed E-state index contributed by atoms with van der Waals surface area (Å²) in [6.45, 7) is 3.88. The lowest BCUT2D eigenvalue weighted by Gasteiger charge is -2.05. The maximum atomic E-state index is 11.7. The first-order chi connectivity index (χ1) is 7.80. The van der Waals surface area contributed by atoms with E-state index in [-0.39, 0.29) is 10.8 Å². The fraction of sp³-hybridized carbons (Fsp3) is 0.182. The number of carbonyl (C=O) groups excluding carboxylic acids is 1. The number of nitrogens with one attached hydrogen (secondary N) is 1. The molecule has 0 heterocycles. The molecule has 0 saturated heterocycles. The third kappa shape index (κ3) is 4.32. The van der Waals surface area contributed by atoms with Crippen LogP contribution >= 0.6 is 15.9 Å². The van der Waals surface area contributed by atoms with Gasteiger partial charge in [-0.3, -0.25) is 4.79 Å². The number of amides is 1. The van der Waals surface area contributed by atoms with E-state index in [1.54, 1.807) is 6.07 Å². The fourth-order valence-electron chi connectivity index (χ4n) is 1.15. The van der Waals surface area contributed by atoms with Crippen molar-refractivity contribution >= 4 is 31.7 Å². The van der Waals surface area contributed by atoms with Crippen LogP contribution in [0.5, 0.6) is 0 Å². The number of rotatable bonds is 4. The van der Waals surface area contributed by atoms with E-state index in [4.69, 9.17) is 0 Å². The molecular weight excluding hydrogens is 306 g/mol. The van der Waals surface area contributed by atoms with Gasteiger partial charge in [0.15, 0.2) is 9.84 Å². The summed E-state index contributed by atoms with van der Waals surface area (Å²) in [6.07, 6.45) is 1.10. The Labute approximate surface area is 109 Å². The zero-order valence-electron chi connectivity index (χ0n) is 9.23. The van der Waals surface area contributed by atoms with Gasteiger partial charge in [0.05, 0.1) is 4.90 Å². The summed E-state index contributed by atoms with van der Waals surface area (Å²) in [5.74, 6) is -0.337. The van der Waals surface area contributed by atoms with Crippen molar-refractivity contribution in [3.8, 4) is 0 Å². The highest BCUT2D eigenvalue weighted by Crippen LogP contribution is 2.11. The first-order valence-electron chi connectivity index (χ1n) is 4.72.